The molecular formula is C14H18FNO3S2. The Labute approximate surface area is 128 Å². The average molecular weight is 331 g/mol. The number of hydrogen-bond donors (Lipinski definition) is 0. The predicted molar refractivity (Wildman–Crippen MR) is 81.5 cm³/mol. The normalized spacial score (nSPS) is 22.0. The number of rotatable bonds is 4. The molecule has 1 aromatic carbocycles. The van der Waals surface area contributed by atoms with Crippen LogP contribution in [0.5, 0.6) is 0 Å². The van der Waals surface area contributed by atoms with Crippen LogP contribution >= 0.6 is 11.8 Å². The predicted octanol–water partition coefficient (Wildman–Crippen LogP) is 1.95. The van der Waals surface area contributed by atoms with Gasteiger partial charge in [-0.3, -0.25) is 4.79 Å². The Bertz CT molecular complexity index is 616. The van der Waals surface area contributed by atoms with Gasteiger partial charge in [-0.25, -0.2) is 12.8 Å². The molecule has 7 heteroatoms. The van der Waals surface area contributed by atoms with E-state index in [0.717, 1.165) is 4.90 Å². The van der Waals surface area contributed by atoms with Gasteiger partial charge in [-0.05, 0) is 37.6 Å². The number of benzene rings is 1. The highest BCUT2D eigenvalue weighted by Gasteiger charge is 2.34. The summed E-state index contributed by atoms with van der Waals surface area (Å²) in [5.41, 5.74) is 0. The molecule has 2 unspecified atom stereocenters. The van der Waals surface area contributed by atoms with E-state index in [0.29, 0.717) is 6.42 Å². The van der Waals surface area contributed by atoms with Gasteiger partial charge in [0.2, 0.25) is 5.91 Å². The Morgan fingerprint density at radius 3 is 2.52 bits per heavy atom. The molecule has 1 aliphatic rings. The van der Waals surface area contributed by atoms with E-state index in [-0.39, 0.29) is 34.5 Å². The van der Waals surface area contributed by atoms with E-state index in [9.17, 15) is 17.6 Å². The van der Waals surface area contributed by atoms with Crippen LogP contribution < -0.4 is 0 Å². The van der Waals surface area contributed by atoms with Crippen molar-refractivity contribution >= 4 is 27.5 Å². The molecule has 1 heterocycles. The first-order chi connectivity index (χ1) is 9.78. The fraction of sp³-hybridized carbons (Fsp3) is 0.500. The summed E-state index contributed by atoms with van der Waals surface area (Å²) in [6, 6.07) is 5.73. The van der Waals surface area contributed by atoms with Gasteiger partial charge in [0.25, 0.3) is 0 Å². The van der Waals surface area contributed by atoms with Crippen LogP contribution in [0.1, 0.15) is 13.3 Å². The van der Waals surface area contributed by atoms with E-state index in [1.807, 2.05) is 0 Å². The van der Waals surface area contributed by atoms with Crippen LogP contribution in [0.15, 0.2) is 29.2 Å². The van der Waals surface area contributed by atoms with Crippen molar-refractivity contribution in [3.05, 3.63) is 30.1 Å². The molecule has 0 spiro atoms. The summed E-state index contributed by atoms with van der Waals surface area (Å²) in [5.74, 6) is -0.226. The van der Waals surface area contributed by atoms with Crippen molar-refractivity contribution in [1.82, 2.24) is 4.90 Å². The second-order valence-corrected chi connectivity index (χ2v) is 8.86. The third-order valence-electron chi connectivity index (χ3n) is 3.58. The Morgan fingerprint density at radius 1 is 1.38 bits per heavy atom. The summed E-state index contributed by atoms with van der Waals surface area (Å²) < 4.78 is 35.8. The van der Waals surface area contributed by atoms with E-state index in [1.165, 1.54) is 28.8 Å². The Morgan fingerprint density at radius 2 is 2.00 bits per heavy atom. The van der Waals surface area contributed by atoms with Gasteiger partial charge in [0.15, 0.2) is 9.84 Å². The molecule has 1 amide bonds. The largest absolute Gasteiger partial charge is 0.341 e. The fourth-order valence-corrected chi connectivity index (χ4v) is 5.06. The molecule has 2 atom stereocenters. The number of halogens is 1. The van der Waals surface area contributed by atoms with Crippen LogP contribution in [0.2, 0.25) is 0 Å². The highest BCUT2D eigenvalue weighted by molar-refractivity contribution is 8.00. The Hall–Kier alpha value is -1.08. The number of hydrogen-bond acceptors (Lipinski definition) is 4. The number of sulfone groups is 1. The van der Waals surface area contributed by atoms with Gasteiger partial charge in [0.1, 0.15) is 5.82 Å². The van der Waals surface area contributed by atoms with Gasteiger partial charge in [-0.2, -0.15) is 0 Å². The van der Waals surface area contributed by atoms with Gasteiger partial charge >= 0.3 is 0 Å². The summed E-state index contributed by atoms with van der Waals surface area (Å²) in [6.07, 6.45) is 0.499. The van der Waals surface area contributed by atoms with E-state index >= 15 is 0 Å². The summed E-state index contributed by atoms with van der Waals surface area (Å²) in [6.45, 7) is 1.77. The maximum absolute atomic E-state index is 12.8. The molecule has 0 N–H and O–H groups in total. The number of carbonyl (C=O) groups is 1. The van der Waals surface area contributed by atoms with Crippen molar-refractivity contribution in [2.45, 2.75) is 29.5 Å². The SMILES string of the molecule is CC(Sc1ccc(F)cc1)C(=O)N(C)C1CCS(=O)(=O)C1. The van der Waals surface area contributed by atoms with Crippen molar-refractivity contribution < 1.29 is 17.6 Å². The lowest BCUT2D eigenvalue weighted by atomic mass is 10.2. The first-order valence-electron chi connectivity index (χ1n) is 6.68. The van der Waals surface area contributed by atoms with Crippen LogP contribution in [-0.4, -0.2) is 49.1 Å². The first-order valence-corrected chi connectivity index (χ1v) is 9.38. The van der Waals surface area contributed by atoms with Crippen molar-refractivity contribution in [2.24, 2.45) is 0 Å². The monoisotopic (exact) mass is 331 g/mol. The third kappa shape index (κ3) is 4.20. The third-order valence-corrected chi connectivity index (χ3v) is 6.43. The van der Waals surface area contributed by atoms with E-state index in [1.54, 1.807) is 26.1 Å². The topological polar surface area (TPSA) is 54.5 Å². The lowest BCUT2D eigenvalue weighted by Crippen LogP contribution is -2.41. The molecule has 0 saturated carbocycles. The van der Waals surface area contributed by atoms with Crippen molar-refractivity contribution in [1.29, 1.82) is 0 Å². The molecule has 0 aliphatic carbocycles. The summed E-state index contributed by atoms with van der Waals surface area (Å²) in [4.78, 5) is 14.7. The smallest absolute Gasteiger partial charge is 0.235 e. The molecule has 116 valence electrons. The van der Waals surface area contributed by atoms with E-state index in [4.69, 9.17) is 0 Å². The van der Waals surface area contributed by atoms with E-state index in [2.05, 4.69) is 0 Å². The molecule has 0 aromatic heterocycles. The lowest BCUT2D eigenvalue weighted by molar-refractivity contribution is -0.130. The van der Waals surface area contributed by atoms with Crippen LogP contribution in [0.3, 0.4) is 0 Å². The molecular weight excluding hydrogens is 313 g/mol. The fourth-order valence-electron chi connectivity index (χ4n) is 2.32. The van der Waals surface area contributed by atoms with Crippen molar-refractivity contribution in [3.63, 3.8) is 0 Å². The average Bonchev–Trinajstić information content (AvgIpc) is 2.80. The highest BCUT2D eigenvalue weighted by atomic mass is 32.2. The summed E-state index contributed by atoms with van der Waals surface area (Å²) >= 11 is 1.34. The molecule has 21 heavy (non-hydrogen) atoms. The van der Waals surface area contributed by atoms with Gasteiger partial charge in [0, 0.05) is 18.0 Å². The molecule has 2 rings (SSSR count). The molecule has 1 fully saturated rings. The van der Waals surface area contributed by atoms with E-state index < -0.39 is 9.84 Å². The quantitative estimate of drug-likeness (QED) is 0.792. The number of nitrogens with zero attached hydrogens (tertiary/aromatic N) is 1. The zero-order valence-corrected chi connectivity index (χ0v) is 13.6. The van der Waals surface area contributed by atoms with Crippen molar-refractivity contribution in [2.75, 3.05) is 18.6 Å². The zero-order valence-electron chi connectivity index (χ0n) is 12.0. The second kappa shape index (κ2) is 6.36. The standard InChI is InChI=1S/C14H18FNO3S2/c1-10(20-13-5-3-11(15)4-6-13)14(17)16(2)12-7-8-21(18,19)9-12/h3-6,10,12H,7-9H2,1-2H3. The maximum Gasteiger partial charge on any atom is 0.235 e. The minimum atomic E-state index is -3.01. The van der Waals surface area contributed by atoms with Crippen LogP contribution in [0, 0.1) is 5.82 Å². The van der Waals surface area contributed by atoms with Crippen LogP contribution in [-0.2, 0) is 14.6 Å². The zero-order chi connectivity index (χ0) is 15.6. The van der Waals surface area contributed by atoms with Gasteiger partial charge in [-0.1, -0.05) is 0 Å². The second-order valence-electron chi connectivity index (χ2n) is 5.22. The number of thioether (sulfide) groups is 1. The van der Waals surface area contributed by atoms with Gasteiger partial charge < -0.3 is 4.90 Å². The Kier molecular flexibility index (Phi) is 4.93. The molecule has 0 bridgehead atoms. The molecule has 1 aromatic rings. The van der Waals surface area contributed by atoms with Gasteiger partial charge in [0.05, 0.1) is 16.8 Å². The minimum Gasteiger partial charge on any atom is -0.341 e. The minimum absolute atomic E-state index is 0.0448. The highest BCUT2D eigenvalue weighted by Crippen LogP contribution is 2.26. The molecule has 0 radical (unpaired) electrons. The number of carbonyl (C=O) groups excluding carboxylic acids is 1. The maximum atomic E-state index is 12.8. The Balaban J connectivity index is 1.97. The van der Waals surface area contributed by atoms with Crippen molar-refractivity contribution in [3.8, 4) is 0 Å². The van der Waals surface area contributed by atoms with Gasteiger partial charge in [-0.15, -0.1) is 11.8 Å². The first kappa shape index (κ1) is 16.3. The molecule has 1 saturated heterocycles. The summed E-state index contributed by atoms with van der Waals surface area (Å²) in [5, 5.41) is -0.344. The summed E-state index contributed by atoms with van der Waals surface area (Å²) in [7, 11) is -1.36. The lowest BCUT2D eigenvalue weighted by Gasteiger charge is -2.26. The van der Waals surface area contributed by atoms with Crippen LogP contribution in [0.25, 0.3) is 0 Å². The number of amides is 1. The molecule has 1 aliphatic heterocycles. The molecule has 4 nitrogen and oxygen atoms in total. The van der Waals surface area contributed by atoms with Crippen LogP contribution in [0.4, 0.5) is 4.39 Å².